The Balaban J connectivity index is 1.25. The van der Waals surface area contributed by atoms with Crippen LogP contribution in [0.3, 0.4) is 0 Å². The molecule has 2 unspecified atom stereocenters. The fourth-order valence-electron chi connectivity index (χ4n) is 7.71. The summed E-state index contributed by atoms with van der Waals surface area (Å²) >= 11 is 0. The highest BCUT2D eigenvalue weighted by atomic mass is 16.3. The molecule has 33 heavy (non-hydrogen) atoms. The van der Waals surface area contributed by atoms with Crippen LogP contribution in [0.5, 0.6) is 0 Å². The number of amides is 2. The molecule has 5 saturated carbocycles. The van der Waals surface area contributed by atoms with Crippen LogP contribution in [-0.4, -0.2) is 58.2 Å². The molecule has 0 radical (unpaired) electrons. The van der Waals surface area contributed by atoms with Crippen molar-refractivity contribution >= 4 is 17.8 Å². The summed E-state index contributed by atoms with van der Waals surface area (Å²) in [6.45, 7) is 0.595. The van der Waals surface area contributed by atoms with Crippen LogP contribution in [-0.2, 0) is 4.79 Å². The zero-order valence-electron chi connectivity index (χ0n) is 19.4. The second kappa shape index (κ2) is 7.93. The highest BCUT2D eigenvalue weighted by Gasteiger charge is 2.55. The SMILES string of the molecule is CN(c1ncc(C(=O)NC2C3CC4CC2CC(O)(C4)C3)c(C2CCCC2)n1)[C@@H]1CNC(=O)C1. The number of hydrogen-bond acceptors (Lipinski definition) is 6. The van der Waals surface area contributed by atoms with E-state index in [1.807, 2.05) is 11.9 Å². The molecule has 8 nitrogen and oxygen atoms in total. The number of aliphatic hydroxyl groups is 1. The molecule has 178 valence electrons. The summed E-state index contributed by atoms with van der Waals surface area (Å²) < 4.78 is 0. The second-order valence-corrected chi connectivity index (χ2v) is 11.4. The van der Waals surface area contributed by atoms with Crippen molar-refractivity contribution < 1.29 is 14.7 Å². The lowest BCUT2D eigenvalue weighted by molar-refractivity contribution is -0.137. The minimum Gasteiger partial charge on any atom is -0.390 e. The fourth-order valence-corrected chi connectivity index (χ4v) is 7.71. The zero-order valence-corrected chi connectivity index (χ0v) is 19.4. The maximum atomic E-state index is 13.6. The Kier molecular flexibility index (Phi) is 5.12. The normalized spacial score (nSPS) is 37.4. The molecule has 1 aliphatic heterocycles. The van der Waals surface area contributed by atoms with E-state index in [4.69, 9.17) is 4.98 Å². The van der Waals surface area contributed by atoms with Gasteiger partial charge in [0, 0.05) is 38.2 Å². The van der Waals surface area contributed by atoms with E-state index in [1.54, 1.807) is 6.20 Å². The molecule has 1 aromatic heterocycles. The van der Waals surface area contributed by atoms with Gasteiger partial charge < -0.3 is 20.6 Å². The molecule has 4 bridgehead atoms. The first-order valence-electron chi connectivity index (χ1n) is 12.8. The number of likely N-dealkylation sites (N-methyl/N-ethyl adjacent to an activating group) is 1. The van der Waals surface area contributed by atoms with Crippen LogP contribution in [0, 0.1) is 17.8 Å². The van der Waals surface area contributed by atoms with Gasteiger partial charge in [0.25, 0.3) is 5.91 Å². The highest BCUT2D eigenvalue weighted by Crippen LogP contribution is 2.55. The van der Waals surface area contributed by atoms with Crippen molar-refractivity contribution in [3.8, 4) is 0 Å². The van der Waals surface area contributed by atoms with Crippen molar-refractivity contribution in [1.29, 1.82) is 0 Å². The van der Waals surface area contributed by atoms with Crippen LogP contribution in [0.25, 0.3) is 0 Å². The molecule has 2 heterocycles. The Bertz CT molecular complexity index is 945. The van der Waals surface area contributed by atoms with Crippen molar-refractivity contribution in [3.05, 3.63) is 17.5 Å². The van der Waals surface area contributed by atoms with Gasteiger partial charge in [0.1, 0.15) is 0 Å². The predicted molar refractivity (Wildman–Crippen MR) is 123 cm³/mol. The van der Waals surface area contributed by atoms with Crippen molar-refractivity contribution in [1.82, 2.24) is 20.6 Å². The number of hydrogen-bond donors (Lipinski definition) is 3. The van der Waals surface area contributed by atoms with Crippen LogP contribution >= 0.6 is 0 Å². The smallest absolute Gasteiger partial charge is 0.254 e. The number of nitrogens with zero attached hydrogens (tertiary/aromatic N) is 3. The Hall–Kier alpha value is -2.22. The molecule has 6 aliphatic rings. The first kappa shape index (κ1) is 21.3. The van der Waals surface area contributed by atoms with Crippen molar-refractivity contribution in [2.24, 2.45) is 17.8 Å². The lowest BCUT2D eigenvalue weighted by atomic mass is 9.52. The van der Waals surface area contributed by atoms with Crippen LogP contribution in [0.2, 0.25) is 0 Å². The van der Waals surface area contributed by atoms with Gasteiger partial charge in [-0.05, 0) is 62.7 Å². The monoisotopic (exact) mass is 453 g/mol. The Morgan fingerprint density at radius 3 is 2.58 bits per heavy atom. The summed E-state index contributed by atoms with van der Waals surface area (Å²) in [7, 11) is 1.93. The number of anilines is 1. The lowest BCUT2D eigenvalue weighted by Gasteiger charge is -2.58. The summed E-state index contributed by atoms with van der Waals surface area (Å²) in [6.07, 6.45) is 11.4. The third kappa shape index (κ3) is 3.80. The largest absolute Gasteiger partial charge is 0.390 e. The molecule has 2 amide bonds. The third-order valence-corrected chi connectivity index (χ3v) is 9.15. The van der Waals surface area contributed by atoms with E-state index in [2.05, 4.69) is 15.6 Å². The van der Waals surface area contributed by atoms with Gasteiger partial charge in [0.2, 0.25) is 11.9 Å². The number of carbonyl (C=O) groups is 2. The Labute approximate surface area is 194 Å². The number of rotatable bonds is 5. The molecule has 1 aromatic rings. The van der Waals surface area contributed by atoms with E-state index < -0.39 is 5.60 Å². The summed E-state index contributed by atoms with van der Waals surface area (Å²) in [4.78, 5) is 36.7. The molecule has 0 spiro atoms. The van der Waals surface area contributed by atoms with Crippen LogP contribution < -0.4 is 15.5 Å². The predicted octanol–water partition coefficient (Wildman–Crippen LogP) is 2.13. The molecule has 5 aliphatic carbocycles. The first-order valence-corrected chi connectivity index (χ1v) is 12.8. The van der Waals surface area contributed by atoms with E-state index in [9.17, 15) is 14.7 Å². The van der Waals surface area contributed by atoms with Gasteiger partial charge in [0.05, 0.1) is 22.9 Å². The summed E-state index contributed by atoms with van der Waals surface area (Å²) in [6, 6.07) is 0.177. The molecule has 3 N–H and O–H groups in total. The van der Waals surface area contributed by atoms with Gasteiger partial charge in [-0.1, -0.05) is 12.8 Å². The van der Waals surface area contributed by atoms with E-state index in [-0.39, 0.29) is 29.8 Å². The summed E-state index contributed by atoms with van der Waals surface area (Å²) in [5, 5.41) is 17.1. The van der Waals surface area contributed by atoms with Crippen LogP contribution in [0.4, 0.5) is 5.95 Å². The van der Waals surface area contributed by atoms with Crippen molar-refractivity contribution in [2.75, 3.05) is 18.5 Å². The van der Waals surface area contributed by atoms with E-state index >= 15 is 0 Å². The average molecular weight is 454 g/mol. The molecule has 6 fully saturated rings. The van der Waals surface area contributed by atoms with Crippen molar-refractivity contribution in [3.63, 3.8) is 0 Å². The van der Waals surface area contributed by atoms with Crippen molar-refractivity contribution in [2.45, 2.75) is 87.8 Å². The molecule has 7 rings (SSSR count). The van der Waals surface area contributed by atoms with Gasteiger partial charge in [-0.25, -0.2) is 9.97 Å². The highest BCUT2D eigenvalue weighted by molar-refractivity contribution is 5.95. The second-order valence-electron chi connectivity index (χ2n) is 11.4. The minimum atomic E-state index is -0.501. The van der Waals surface area contributed by atoms with E-state index in [0.717, 1.165) is 63.5 Å². The minimum absolute atomic E-state index is 0.0347. The van der Waals surface area contributed by atoms with Crippen LogP contribution in [0.15, 0.2) is 6.20 Å². The third-order valence-electron chi connectivity index (χ3n) is 9.15. The topological polar surface area (TPSA) is 107 Å². The molecular weight excluding hydrogens is 418 g/mol. The van der Waals surface area contributed by atoms with Gasteiger partial charge in [-0.15, -0.1) is 0 Å². The van der Waals surface area contributed by atoms with E-state index in [1.165, 1.54) is 0 Å². The van der Waals surface area contributed by atoms with Gasteiger partial charge in [-0.3, -0.25) is 9.59 Å². The Morgan fingerprint density at radius 2 is 1.94 bits per heavy atom. The maximum absolute atomic E-state index is 13.6. The lowest BCUT2D eigenvalue weighted by Crippen LogP contribution is -2.61. The number of aromatic nitrogens is 2. The number of carbonyl (C=O) groups excluding carboxylic acids is 2. The van der Waals surface area contributed by atoms with Crippen LogP contribution in [0.1, 0.15) is 86.2 Å². The van der Waals surface area contributed by atoms with Gasteiger partial charge >= 0.3 is 0 Å². The summed E-state index contributed by atoms with van der Waals surface area (Å²) in [5.74, 6) is 2.23. The zero-order chi connectivity index (χ0) is 22.7. The fraction of sp³-hybridized carbons (Fsp3) is 0.760. The van der Waals surface area contributed by atoms with Gasteiger partial charge in [0.15, 0.2) is 0 Å². The number of nitrogens with one attached hydrogen (secondary N) is 2. The molecule has 1 saturated heterocycles. The summed E-state index contributed by atoms with van der Waals surface area (Å²) in [5.41, 5.74) is 0.965. The average Bonchev–Trinajstić information content (AvgIpc) is 3.46. The molecule has 8 heteroatoms. The van der Waals surface area contributed by atoms with Gasteiger partial charge in [-0.2, -0.15) is 0 Å². The quantitative estimate of drug-likeness (QED) is 0.631. The maximum Gasteiger partial charge on any atom is 0.254 e. The molecular formula is C25H35N5O3. The molecule has 0 aromatic carbocycles. The first-order chi connectivity index (χ1) is 15.9. The standard InChI is InChI=1S/C25H35N5O3/c1-30(18-8-20(31)26-12-18)24-27-13-19(22(29-24)15-4-2-3-5-15)23(32)28-21-16-6-14-7-17(21)11-25(33,9-14)10-16/h13-18,21,33H,2-12H2,1H3,(H,26,31)(H,28,32)/t14?,16?,17?,18-,21?,25?/m0/s1. The Morgan fingerprint density at radius 1 is 1.21 bits per heavy atom. The molecule has 3 atom stereocenters. The van der Waals surface area contributed by atoms with E-state index in [0.29, 0.717) is 42.2 Å².